The Hall–Kier alpha value is -0.170. The number of aliphatic hydroxyl groups is 1. The van der Waals surface area contributed by atoms with Crippen molar-refractivity contribution in [2.45, 2.75) is 57.3 Å². The van der Waals surface area contributed by atoms with Gasteiger partial charge in [-0.3, -0.25) is 0 Å². The predicted octanol–water partition coefficient (Wildman–Crippen LogP) is 0.719. The zero-order chi connectivity index (χ0) is 14.3. The van der Waals surface area contributed by atoms with E-state index in [0.717, 1.165) is 12.8 Å². The topological polar surface area (TPSA) is 75.6 Å². The van der Waals surface area contributed by atoms with E-state index in [0.29, 0.717) is 13.2 Å². The van der Waals surface area contributed by atoms with Crippen LogP contribution < -0.4 is 5.32 Å². The maximum absolute atomic E-state index is 11.1. The summed E-state index contributed by atoms with van der Waals surface area (Å²) in [7, 11) is -2.98. The van der Waals surface area contributed by atoms with Gasteiger partial charge in [-0.15, -0.1) is 0 Å². The first-order chi connectivity index (χ1) is 8.87. The van der Waals surface area contributed by atoms with Crippen molar-refractivity contribution in [3.63, 3.8) is 0 Å². The van der Waals surface area contributed by atoms with Gasteiger partial charge in [0.1, 0.15) is 9.84 Å². The van der Waals surface area contributed by atoms with Crippen LogP contribution in [-0.2, 0) is 14.6 Å². The monoisotopic (exact) mass is 293 g/mol. The summed E-state index contributed by atoms with van der Waals surface area (Å²) in [5, 5.41) is 12.8. The van der Waals surface area contributed by atoms with Crippen molar-refractivity contribution in [3.05, 3.63) is 0 Å². The molecule has 2 atom stereocenters. The van der Waals surface area contributed by atoms with Crippen LogP contribution in [0.2, 0.25) is 0 Å². The van der Waals surface area contributed by atoms with Gasteiger partial charge in [0.05, 0.1) is 24.6 Å². The summed E-state index contributed by atoms with van der Waals surface area (Å²) >= 11 is 0. The molecule has 0 heterocycles. The van der Waals surface area contributed by atoms with Crippen LogP contribution in [0.15, 0.2) is 0 Å². The second-order valence-corrected chi connectivity index (χ2v) is 7.83. The lowest BCUT2D eigenvalue weighted by Gasteiger charge is -2.24. The summed E-state index contributed by atoms with van der Waals surface area (Å²) in [5.74, 6) is 0.0865. The van der Waals surface area contributed by atoms with Crippen LogP contribution in [0.5, 0.6) is 0 Å². The molecular formula is C13H27NO4S. The molecule has 0 aromatic heterocycles. The molecule has 1 aliphatic carbocycles. The van der Waals surface area contributed by atoms with Gasteiger partial charge in [0.15, 0.2) is 0 Å². The first-order valence-corrected chi connectivity index (χ1v) is 9.13. The number of aliphatic hydroxyl groups excluding tert-OH is 1. The largest absolute Gasteiger partial charge is 0.389 e. The highest BCUT2D eigenvalue weighted by atomic mass is 32.2. The molecule has 2 unspecified atom stereocenters. The van der Waals surface area contributed by atoms with E-state index in [1.165, 1.54) is 25.5 Å². The third-order valence-electron chi connectivity index (χ3n) is 3.33. The molecule has 0 aliphatic heterocycles. The number of ether oxygens (including phenoxy) is 1. The Morgan fingerprint density at radius 3 is 2.53 bits per heavy atom. The molecule has 1 rings (SSSR count). The molecular weight excluding hydrogens is 266 g/mol. The van der Waals surface area contributed by atoms with Gasteiger partial charge < -0.3 is 15.2 Å². The standard InChI is InChI=1S/C13H27NO4S/c1-11(10-19(2,16)17)14-8-12(15)9-18-13-6-4-3-5-7-13/h11-15H,3-10H2,1-2H3. The molecule has 0 saturated heterocycles. The van der Waals surface area contributed by atoms with Gasteiger partial charge in [-0.05, 0) is 19.8 Å². The summed E-state index contributed by atoms with van der Waals surface area (Å²) in [6.07, 6.45) is 6.81. The van der Waals surface area contributed by atoms with E-state index in [2.05, 4.69) is 5.32 Å². The zero-order valence-electron chi connectivity index (χ0n) is 12.0. The van der Waals surface area contributed by atoms with Crippen LogP contribution in [0.1, 0.15) is 39.0 Å². The molecule has 19 heavy (non-hydrogen) atoms. The molecule has 1 fully saturated rings. The fourth-order valence-corrected chi connectivity index (χ4v) is 3.41. The van der Waals surface area contributed by atoms with Gasteiger partial charge >= 0.3 is 0 Å². The molecule has 0 spiro atoms. The van der Waals surface area contributed by atoms with Crippen molar-refractivity contribution in [1.82, 2.24) is 5.32 Å². The molecule has 0 aromatic carbocycles. The van der Waals surface area contributed by atoms with Crippen molar-refractivity contribution < 1.29 is 18.3 Å². The van der Waals surface area contributed by atoms with Gasteiger partial charge in [-0.1, -0.05) is 19.3 Å². The number of nitrogens with one attached hydrogen (secondary N) is 1. The molecule has 0 radical (unpaired) electrons. The molecule has 114 valence electrons. The fraction of sp³-hybridized carbons (Fsp3) is 1.00. The second-order valence-electron chi connectivity index (χ2n) is 5.65. The Labute approximate surface area is 116 Å². The van der Waals surface area contributed by atoms with Gasteiger partial charge in [0.2, 0.25) is 0 Å². The summed E-state index contributed by atoms with van der Waals surface area (Å²) in [6.45, 7) is 2.49. The van der Waals surface area contributed by atoms with Crippen molar-refractivity contribution in [2.24, 2.45) is 0 Å². The Kier molecular flexibility index (Phi) is 7.28. The van der Waals surface area contributed by atoms with Crippen molar-refractivity contribution in [2.75, 3.05) is 25.2 Å². The zero-order valence-corrected chi connectivity index (χ0v) is 12.8. The van der Waals surface area contributed by atoms with Crippen LogP contribution in [0.4, 0.5) is 0 Å². The molecule has 5 nitrogen and oxygen atoms in total. The maximum Gasteiger partial charge on any atom is 0.148 e. The average molecular weight is 293 g/mol. The lowest BCUT2D eigenvalue weighted by atomic mass is 9.98. The van der Waals surface area contributed by atoms with Crippen molar-refractivity contribution in [3.8, 4) is 0 Å². The highest BCUT2D eigenvalue weighted by Gasteiger charge is 2.16. The second kappa shape index (κ2) is 8.19. The van der Waals surface area contributed by atoms with Crippen molar-refractivity contribution >= 4 is 9.84 Å². The summed E-state index contributed by atoms with van der Waals surface area (Å²) in [6, 6.07) is -0.153. The van der Waals surface area contributed by atoms with Gasteiger partial charge in [0.25, 0.3) is 0 Å². The Morgan fingerprint density at radius 1 is 1.32 bits per heavy atom. The summed E-state index contributed by atoms with van der Waals surface area (Å²) in [4.78, 5) is 0. The molecule has 1 aliphatic rings. The molecule has 0 bridgehead atoms. The molecule has 0 aromatic rings. The SMILES string of the molecule is CC(CS(C)(=O)=O)NCC(O)COC1CCCCC1. The number of sulfone groups is 1. The lowest BCUT2D eigenvalue weighted by molar-refractivity contribution is -0.0233. The minimum absolute atomic E-state index is 0.0865. The number of rotatable bonds is 8. The first-order valence-electron chi connectivity index (χ1n) is 7.07. The molecule has 6 heteroatoms. The quantitative estimate of drug-likeness (QED) is 0.690. The summed E-state index contributed by atoms with van der Waals surface area (Å²) in [5.41, 5.74) is 0. The Bertz CT molecular complexity index is 339. The van der Waals surface area contributed by atoms with E-state index >= 15 is 0 Å². The minimum atomic E-state index is -2.98. The summed E-state index contributed by atoms with van der Waals surface area (Å²) < 4.78 is 27.9. The molecule has 0 amide bonds. The number of hydrogen-bond donors (Lipinski definition) is 2. The average Bonchev–Trinajstić information content (AvgIpc) is 2.33. The van der Waals surface area contributed by atoms with E-state index in [1.54, 1.807) is 6.92 Å². The Balaban J connectivity index is 2.11. The van der Waals surface area contributed by atoms with Gasteiger partial charge in [-0.25, -0.2) is 8.42 Å². The normalized spacial score (nSPS) is 21.2. The van der Waals surface area contributed by atoms with Gasteiger partial charge in [0, 0.05) is 18.8 Å². The Morgan fingerprint density at radius 2 is 1.95 bits per heavy atom. The van der Waals surface area contributed by atoms with Gasteiger partial charge in [-0.2, -0.15) is 0 Å². The lowest BCUT2D eigenvalue weighted by Crippen LogP contribution is -2.39. The van der Waals surface area contributed by atoms with E-state index < -0.39 is 15.9 Å². The van der Waals surface area contributed by atoms with Crippen LogP contribution in [0, 0.1) is 0 Å². The molecule has 1 saturated carbocycles. The smallest absolute Gasteiger partial charge is 0.148 e. The maximum atomic E-state index is 11.1. The van der Waals surface area contributed by atoms with E-state index in [4.69, 9.17) is 4.74 Å². The van der Waals surface area contributed by atoms with Crippen LogP contribution in [0.3, 0.4) is 0 Å². The fourth-order valence-electron chi connectivity index (χ4n) is 2.39. The van der Waals surface area contributed by atoms with E-state index in [1.807, 2.05) is 0 Å². The molecule has 2 N–H and O–H groups in total. The highest BCUT2D eigenvalue weighted by molar-refractivity contribution is 7.90. The van der Waals surface area contributed by atoms with Crippen LogP contribution in [-0.4, -0.2) is 56.9 Å². The van der Waals surface area contributed by atoms with Crippen LogP contribution in [0.25, 0.3) is 0 Å². The van der Waals surface area contributed by atoms with Crippen LogP contribution >= 0.6 is 0 Å². The predicted molar refractivity (Wildman–Crippen MR) is 76.0 cm³/mol. The van der Waals surface area contributed by atoms with Crippen molar-refractivity contribution in [1.29, 1.82) is 0 Å². The minimum Gasteiger partial charge on any atom is -0.389 e. The third kappa shape index (κ3) is 8.57. The first kappa shape index (κ1) is 16.9. The van der Waals surface area contributed by atoms with E-state index in [-0.39, 0.29) is 17.9 Å². The number of hydrogen-bond acceptors (Lipinski definition) is 5. The van der Waals surface area contributed by atoms with E-state index in [9.17, 15) is 13.5 Å². The third-order valence-corrected chi connectivity index (χ3v) is 4.44. The highest BCUT2D eigenvalue weighted by Crippen LogP contribution is 2.20.